The number of aryl methyl sites for hydroxylation is 1. The van der Waals surface area contributed by atoms with Gasteiger partial charge < -0.3 is 14.6 Å². The first-order valence-corrected chi connectivity index (χ1v) is 14.7. The fourth-order valence-electron chi connectivity index (χ4n) is 6.15. The highest BCUT2D eigenvalue weighted by Crippen LogP contribution is 2.33. The maximum atomic E-state index is 14.6. The molecule has 2 heterocycles. The van der Waals surface area contributed by atoms with Crippen LogP contribution >= 0.6 is 0 Å². The van der Waals surface area contributed by atoms with E-state index < -0.39 is 5.97 Å². The molecule has 0 saturated carbocycles. The molecule has 0 aliphatic carbocycles. The van der Waals surface area contributed by atoms with Crippen molar-refractivity contribution in [3.63, 3.8) is 0 Å². The van der Waals surface area contributed by atoms with E-state index in [9.17, 15) is 14.7 Å². The fraction of sp³-hybridized carbons (Fsp3) is 0.189. The summed E-state index contributed by atoms with van der Waals surface area (Å²) >= 11 is 0. The first-order valence-electron chi connectivity index (χ1n) is 14.7. The van der Waals surface area contributed by atoms with Crippen LogP contribution in [0.3, 0.4) is 0 Å². The Morgan fingerprint density at radius 1 is 0.767 bits per heavy atom. The number of benzene rings is 4. The Bertz CT molecular complexity index is 1700. The Hall–Kier alpha value is -4.94. The van der Waals surface area contributed by atoms with Gasteiger partial charge in [0.1, 0.15) is 0 Å². The predicted molar refractivity (Wildman–Crippen MR) is 170 cm³/mol. The van der Waals surface area contributed by atoms with E-state index in [1.165, 1.54) is 5.56 Å². The van der Waals surface area contributed by atoms with Crippen LogP contribution in [-0.4, -0.2) is 57.0 Å². The zero-order valence-corrected chi connectivity index (χ0v) is 24.3. The molecule has 6 heteroatoms. The van der Waals surface area contributed by atoms with Crippen LogP contribution in [0.1, 0.15) is 37.5 Å². The molecule has 1 fully saturated rings. The molecule has 43 heavy (non-hydrogen) atoms. The summed E-state index contributed by atoms with van der Waals surface area (Å²) in [5, 5.41) is 9.38. The van der Waals surface area contributed by atoms with Gasteiger partial charge in [0.15, 0.2) is 0 Å². The van der Waals surface area contributed by atoms with Crippen LogP contribution in [0.25, 0.3) is 16.9 Å². The van der Waals surface area contributed by atoms with Crippen LogP contribution < -0.4 is 0 Å². The molecule has 0 spiro atoms. The monoisotopic (exact) mass is 569 g/mol. The van der Waals surface area contributed by atoms with Crippen molar-refractivity contribution in [2.45, 2.75) is 25.9 Å². The number of piperazine rings is 1. The molecule has 1 amide bonds. The second-order valence-electron chi connectivity index (χ2n) is 11.2. The minimum absolute atomic E-state index is 0.0168. The van der Waals surface area contributed by atoms with Crippen LogP contribution in [-0.2, 0) is 13.0 Å². The first-order chi connectivity index (χ1) is 21.0. The summed E-state index contributed by atoms with van der Waals surface area (Å²) in [6.45, 7) is 4.97. The molecule has 1 saturated heterocycles. The summed E-state index contributed by atoms with van der Waals surface area (Å²) in [7, 11) is 0. The van der Waals surface area contributed by atoms with Gasteiger partial charge in [0.05, 0.1) is 16.8 Å². The molecular formula is C37H35N3O3. The Kier molecular flexibility index (Phi) is 8.20. The zero-order chi connectivity index (χ0) is 29.8. The minimum Gasteiger partial charge on any atom is -0.478 e. The quantitative estimate of drug-likeness (QED) is 0.225. The van der Waals surface area contributed by atoms with Gasteiger partial charge in [-0.15, -0.1) is 0 Å². The number of hydrogen-bond acceptors (Lipinski definition) is 3. The highest BCUT2D eigenvalue weighted by Gasteiger charge is 2.34. The fourth-order valence-corrected chi connectivity index (χ4v) is 6.15. The number of para-hydroxylation sites is 1. The number of rotatable bonds is 8. The molecule has 0 radical (unpaired) electrons. The number of carbonyl (C=O) groups excluding carboxylic acids is 1. The normalized spacial score (nSPS) is 15.4. The van der Waals surface area contributed by atoms with E-state index in [0.717, 1.165) is 47.8 Å². The second kappa shape index (κ2) is 12.5. The molecule has 5 aromatic rings. The lowest BCUT2D eigenvalue weighted by molar-refractivity contribution is 0.0439. The number of nitrogens with zero attached hydrogens (tertiary/aromatic N) is 3. The van der Waals surface area contributed by atoms with E-state index in [0.29, 0.717) is 18.5 Å². The summed E-state index contributed by atoms with van der Waals surface area (Å²) < 4.78 is 2.17. The van der Waals surface area contributed by atoms with Crippen LogP contribution in [0.5, 0.6) is 0 Å². The van der Waals surface area contributed by atoms with E-state index in [-0.39, 0.29) is 17.5 Å². The van der Waals surface area contributed by atoms with E-state index in [1.807, 2.05) is 65.6 Å². The van der Waals surface area contributed by atoms with Crippen LogP contribution in [0.15, 0.2) is 121 Å². The Morgan fingerprint density at radius 2 is 1.40 bits per heavy atom. The molecular weight excluding hydrogens is 534 g/mol. The van der Waals surface area contributed by atoms with Gasteiger partial charge in [-0.05, 0) is 60.4 Å². The SMILES string of the molecule is Cc1cc(C(=O)N2CCN(Cc3ccccc3)CC2Cc2ccc(C(=O)O)cc2)c(-c2ccccc2)n1-c1ccccc1. The molecule has 4 aromatic carbocycles. The molecule has 6 rings (SSSR count). The van der Waals surface area contributed by atoms with Crippen molar-refractivity contribution in [3.05, 3.63) is 149 Å². The lowest BCUT2D eigenvalue weighted by atomic mass is 9.98. The number of hydrogen-bond donors (Lipinski definition) is 1. The third-order valence-electron chi connectivity index (χ3n) is 8.23. The van der Waals surface area contributed by atoms with Gasteiger partial charge in [0.2, 0.25) is 0 Å². The largest absolute Gasteiger partial charge is 0.478 e. The Balaban J connectivity index is 1.36. The summed E-state index contributed by atoms with van der Waals surface area (Å²) in [6.07, 6.45) is 0.635. The van der Waals surface area contributed by atoms with Crippen molar-refractivity contribution in [2.24, 2.45) is 0 Å². The summed E-state index contributed by atoms with van der Waals surface area (Å²) in [6, 6.07) is 39.7. The number of amides is 1. The second-order valence-corrected chi connectivity index (χ2v) is 11.2. The molecule has 1 unspecified atom stereocenters. The first kappa shape index (κ1) is 28.2. The molecule has 1 aromatic heterocycles. The molecule has 1 N–H and O–H groups in total. The molecule has 6 nitrogen and oxygen atoms in total. The van der Waals surface area contributed by atoms with Gasteiger partial charge in [-0.2, -0.15) is 0 Å². The van der Waals surface area contributed by atoms with Gasteiger partial charge in [-0.1, -0.05) is 91.0 Å². The number of carboxylic acid groups (broad SMARTS) is 1. The number of aromatic nitrogens is 1. The summed E-state index contributed by atoms with van der Waals surface area (Å²) in [5.41, 5.74) is 7.10. The molecule has 1 aliphatic rings. The van der Waals surface area contributed by atoms with Crippen molar-refractivity contribution in [3.8, 4) is 16.9 Å². The Labute approximate surface area is 252 Å². The number of carboxylic acids is 1. The van der Waals surface area contributed by atoms with Crippen molar-refractivity contribution in [2.75, 3.05) is 19.6 Å². The van der Waals surface area contributed by atoms with Crippen molar-refractivity contribution >= 4 is 11.9 Å². The molecule has 0 bridgehead atoms. The zero-order valence-electron chi connectivity index (χ0n) is 24.3. The highest BCUT2D eigenvalue weighted by atomic mass is 16.4. The van der Waals surface area contributed by atoms with E-state index in [1.54, 1.807) is 12.1 Å². The number of aromatic carboxylic acids is 1. The van der Waals surface area contributed by atoms with Gasteiger partial charge in [0.25, 0.3) is 5.91 Å². The van der Waals surface area contributed by atoms with E-state index >= 15 is 0 Å². The number of carbonyl (C=O) groups is 2. The van der Waals surface area contributed by atoms with Gasteiger partial charge in [-0.3, -0.25) is 9.69 Å². The molecule has 216 valence electrons. The highest BCUT2D eigenvalue weighted by molar-refractivity contribution is 6.01. The van der Waals surface area contributed by atoms with Gasteiger partial charge >= 0.3 is 5.97 Å². The maximum Gasteiger partial charge on any atom is 0.335 e. The van der Waals surface area contributed by atoms with Gasteiger partial charge in [0, 0.05) is 43.6 Å². The lowest BCUT2D eigenvalue weighted by Gasteiger charge is -2.42. The third kappa shape index (κ3) is 6.15. The maximum absolute atomic E-state index is 14.6. The van der Waals surface area contributed by atoms with E-state index in [2.05, 4.69) is 64.9 Å². The topological polar surface area (TPSA) is 65.8 Å². The standard InChI is InChI=1S/C37H35N3O3/c1-27-23-34(35(30-13-7-3-8-14-30)40(27)32-15-9-4-10-16-32)36(41)39-22-21-38(25-29-11-5-2-6-12-29)26-33(39)24-28-17-19-31(20-18-28)37(42)43/h2-20,23,33H,21-22,24-26H2,1H3,(H,42,43). The minimum atomic E-state index is -0.943. The van der Waals surface area contributed by atoms with Gasteiger partial charge in [-0.25, -0.2) is 4.79 Å². The molecule has 1 aliphatic heterocycles. The van der Waals surface area contributed by atoms with Crippen LogP contribution in [0.2, 0.25) is 0 Å². The average molecular weight is 570 g/mol. The van der Waals surface area contributed by atoms with E-state index in [4.69, 9.17) is 0 Å². The summed E-state index contributed by atoms with van der Waals surface area (Å²) in [4.78, 5) is 30.5. The third-order valence-corrected chi connectivity index (χ3v) is 8.23. The van der Waals surface area contributed by atoms with Crippen molar-refractivity contribution in [1.29, 1.82) is 0 Å². The summed E-state index contributed by atoms with van der Waals surface area (Å²) in [5.74, 6) is -0.926. The van der Waals surface area contributed by atoms with Crippen molar-refractivity contribution in [1.82, 2.24) is 14.4 Å². The lowest BCUT2D eigenvalue weighted by Crippen LogP contribution is -2.55. The van der Waals surface area contributed by atoms with Crippen LogP contribution in [0.4, 0.5) is 0 Å². The van der Waals surface area contributed by atoms with Crippen LogP contribution in [0, 0.1) is 6.92 Å². The molecule has 1 atom stereocenters. The smallest absolute Gasteiger partial charge is 0.335 e. The van der Waals surface area contributed by atoms with Crippen molar-refractivity contribution < 1.29 is 14.7 Å². The average Bonchev–Trinajstić information content (AvgIpc) is 3.39. The Morgan fingerprint density at radius 3 is 2.05 bits per heavy atom. The predicted octanol–water partition coefficient (Wildman–Crippen LogP) is 6.72.